The van der Waals surface area contributed by atoms with Crippen molar-refractivity contribution in [3.05, 3.63) is 60.0 Å². The van der Waals surface area contributed by atoms with Crippen molar-refractivity contribution in [2.75, 3.05) is 5.73 Å². The van der Waals surface area contributed by atoms with E-state index in [0.717, 1.165) is 22.3 Å². The molecule has 1 heterocycles. The number of rotatable bonds is 4. The number of benzene rings is 2. The van der Waals surface area contributed by atoms with Gasteiger partial charge in [0.05, 0.1) is 16.9 Å². The zero-order chi connectivity index (χ0) is 15.7. The van der Waals surface area contributed by atoms with Crippen LogP contribution in [0.2, 0.25) is 0 Å². The molecule has 0 fully saturated rings. The van der Waals surface area contributed by atoms with Crippen molar-refractivity contribution < 1.29 is 9.13 Å². The van der Waals surface area contributed by atoms with Gasteiger partial charge in [0, 0.05) is 11.4 Å². The van der Waals surface area contributed by atoms with Crippen LogP contribution in [0.3, 0.4) is 0 Å². The molecule has 0 spiro atoms. The lowest BCUT2D eigenvalue weighted by molar-refractivity contribution is 0.279. The Kier molecular flexibility index (Phi) is 3.75. The van der Waals surface area contributed by atoms with E-state index in [1.807, 2.05) is 24.3 Å². The summed E-state index contributed by atoms with van der Waals surface area (Å²) in [5, 5.41) is 1.07. The Morgan fingerprint density at radius 1 is 1.14 bits per heavy atom. The first-order valence-electron chi connectivity index (χ1n) is 7.33. The third-order valence-electron chi connectivity index (χ3n) is 3.70. The topological polar surface area (TPSA) is 40.2 Å². The third kappa shape index (κ3) is 2.52. The number of hydrogen-bond acceptors (Lipinski definition) is 2. The van der Waals surface area contributed by atoms with Crippen molar-refractivity contribution in [1.82, 2.24) is 4.57 Å². The molecule has 3 aromatic rings. The highest BCUT2D eigenvalue weighted by molar-refractivity contribution is 5.91. The third-order valence-corrected chi connectivity index (χ3v) is 3.70. The molecule has 1 aromatic heterocycles. The van der Waals surface area contributed by atoms with Crippen LogP contribution < -0.4 is 10.5 Å². The quantitative estimate of drug-likeness (QED) is 0.719. The van der Waals surface area contributed by atoms with Gasteiger partial charge in [-0.3, -0.25) is 0 Å². The van der Waals surface area contributed by atoms with Crippen molar-refractivity contribution in [2.24, 2.45) is 0 Å². The van der Waals surface area contributed by atoms with Crippen LogP contribution in [0, 0.1) is 5.82 Å². The van der Waals surface area contributed by atoms with E-state index in [9.17, 15) is 4.39 Å². The van der Waals surface area contributed by atoms with Crippen LogP contribution in [0.25, 0.3) is 10.9 Å². The molecular weight excluding hydrogens is 279 g/mol. The average molecular weight is 298 g/mol. The molecule has 2 N–H and O–H groups in total. The predicted molar refractivity (Wildman–Crippen MR) is 87.5 cm³/mol. The van der Waals surface area contributed by atoms with Crippen LogP contribution in [-0.4, -0.2) is 4.57 Å². The lowest BCUT2D eigenvalue weighted by Crippen LogP contribution is -2.09. The summed E-state index contributed by atoms with van der Waals surface area (Å²) in [5.74, 6) is -0.0924. The van der Waals surface area contributed by atoms with Crippen LogP contribution >= 0.6 is 0 Å². The highest BCUT2D eigenvalue weighted by Gasteiger charge is 2.14. The Morgan fingerprint density at radius 3 is 2.64 bits per heavy atom. The second kappa shape index (κ2) is 5.72. The van der Waals surface area contributed by atoms with E-state index < -0.39 is 0 Å². The van der Waals surface area contributed by atoms with E-state index in [0.29, 0.717) is 6.61 Å². The standard InChI is InChI=1S/C18H19FN2O/c1-12(2)21-14(10-13-6-5-8-16(20)18(13)21)11-22-17-9-4-3-7-15(17)19/h3-10,12H,11,20H2,1-2H3. The first-order valence-corrected chi connectivity index (χ1v) is 7.33. The number of ether oxygens (including phenoxy) is 1. The smallest absolute Gasteiger partial charge is 0.165 e. The average Bonchev–Trinajstić information content (AvgIpc) is 2.86. The Balaban J connectivity index is 1.99. The van der Waals surface area contributed by atoms with Crippen LogP contribution in [0.1, 0.15) is 25.6 Å². The molecule has 0 aliphatic rings. The molecule has 3 rings (SSSR count). The van der Waals surface area contributed by atoms with Gasteiger partial charge in [0.25, 0.3) is 0 Å². The molecule has 0 bridgehead atoms. The van der Waals surface area contributed by atoms with Crippen LogP contribution in [0.5, 0.6) is 5.75 Å². The molecule has 0 atom stereocenters. The number of nitrogen functional groups attached to an aromatic ring is 1. The summed E-state index contributed by atoms with van der Waals surface area (Å²) in [6.07, 6.45) is 0. The monoisotopic (exact) mass is 298 g/mol. The number of para-hydroxylation sites is 2. The van der Waals surface area contributed by atoms with Crippen molar-refractivity contribution in [2.45, 2.75) is 26.5 Å². The van der Waals surface area contributed by atoms with Crippen molar-refractivity contribution in [3.63, 3.8) is 0 Å². The van der Waals surface area contributed by atoms with Gasteiger partial charge < -0.3 is 15.0 Å². The van der Waals surface area contributed by atoms with Crippen molar-refractivity contribution in [1.29, 1.82) is 0 Å². The summed E-state index contributed by atoms with van der Waals surface area (Å²) in [6.45, 7) is 4.49. The molecule has 0 unspecified atom stereocenters. The first kappa shape index (κ1) is 14.4. The van der Waals surface area contributed by atoms with Crippen molar-refractivity contribution >= 4 is 16.6 Å². The SMILES string of the molecule is CC(C)n1c(COc2ccccc2F)cc2cccc(N)c21. The summed E-state index contributed by atoms with van der Waals surface area (Å²) in [7, 11) is 0. The molecule has 3 nitrogen and oxygen atoms in total. The summed E-state index contributed by atoms with van der Waals surface area (Å²) < 4.78 is 21.5. The molecule has 0 saturated heterocycles. The number of fused-ring (bicyclic) bond motifs is 1. The second-order valence-corrected chi connectivity index (χ2v) is 5.60. The largest absolute Gasteiger partial charge is 0.484 e. The van der Waals surface area contributed by atoms with E-state index in [1.165, 1.54) is 6.07 Å². The Bertz CT molecular complexity index is 808. The molecule has 0 amide bonds. The van der Waals surface area contributed by atoms with Gasteiger partial charge in [0.1, 0.15) is 6.61 Å². The summed E-state index contributed by atoms with van der Waals surface area (Å²) in [6, 6.07) is 14.6. The number of aromatic nitrogens is 1. The Labute approximate surface area is 129 Å². The number of hydrogen-bond donors (Lipinski definition) is 1. The fraction of sp³-hybridized carbons (Fsp3) is 0.222. The molecule has 0 radical (unpaired) electrons. The first-order chi connectivity index (χ1) is 10.6. The lowest BCUT2D eigenvalue weighted by atomic mass is 10.2. The van der Waals surface area contributed by atoms with Crippen LogP contribution in [0.15, 0.2) is 48.5 Å². The fourth-order valence-electron chi connectivity index (χ4n) is 2.78. The van der Waals surface area contributed by atoms with E-state index in [4.69, 9.17) is 10.5 Å². The normalized spacial score (nSPS) is 11.3. The maximum Gasteiger partial charge on any atom is 0.165 e. The minimum absolute atomic E-state index is 0.237. The molecule has 4 heteroatoms. The lowest BCUT2D eigenvalue weighted by Gasteiger charge is -2.16. The number of nitrogens with zero attached hydrogens (tertiary/aromatic N) is 1. The van der Waals surface area contributed by atoms with Gasteiger partial charge in [-0.2, -0.15) is 0 Å². The predicted octanol–water partition coefficient (Wildman–Crippen LogP) is 4.52. The molecule has 22 heavy (non-hydrogen) atoms. The molecule has 0 aliphatic carbocycles. The maximum atomic E-state index is 13.7. The highest BCUT2D eigenvalue weighted by atomic mass is 19.1. The van der Waals surface area contributed by atoms with Gasteiger partial charge in [-0.1, -0.05) is 24.3 Å². The Hall–Kier alpha value is -2.49. The van der Waals surface area contributed by atoms with Gasteiger partial charge in [-0.05, 0) is 38.1 Å². The number of nitrogens with two attached hydrogens (primary N) is 1. The summed E-state index contributed by atoms with van der Waals surface area (Å²) in [5.41, 5.74) is 8.84. The molecule has 0 aliphatic heterocycles. The number of halogens is 1. The van der Waals surface area contributed by atoms with Crippen LogP contribution in [0.4, 0.5) is 10.1 Å². The van der Waals surface area contributed by atoms with Crippen molar-refractivity contribution in [3.8, 4) is 5.75 Å². The Morgan fingerprint density at radius 2 is 1.91 bits per heavy atom. The van der Waals surface area contributed by atoms with Gasteiger partial charge in [0.2, 0.25) is 0 Å². The zero-order valence-electron chi connectivity index (χ0n) is 12.7. The minimum Gasteiger partial charge on any atom is -0.484 e. The minimum atomic E-state index is -0.353. The van der Waals surface area contributed by atoms with Gasteiger partial charge in [-0.25, -0.2) is 4.39 Å². The second-order valence-electron chi connectivity index (χ2n) is 5.60. The summed E-state index contributed by atoms with van der Waals surface area (Å²) >= 11 is 0. The highest BCUT2D eigenvalue weighted by Crippen LogP contribution is 2.29. The molecule has 2 aromatic carbocycles. The zero-order valence-corrected chi connectivity index (χ0v) is 12.7. The number of anilines is 1. The molecular formula is C18H19FN2O. The van der Waals surface area contributed by atoms with Gasteiger partial charge >= 0.3 is 0 Å². The summed E-state index contributed by atoms with van der Waals surface area (Å²) in [4.78, 5) is 0. The van der Waals surface area contributed by atoms with Gasteiger partial charge in [0.15, 0.2) is 11.6 Å². The van der Waals surface area contributed by atoms with Crippen LogP contribution in [-0.2, 0) is 6.61 Å². The van der Waals surface area contributed by atoms with E-state index in [2.05, 4.69) is 18.4 Å². The maximum absolute atomic E-state index is 13.7. The van der Waals surface area contributed by atoms with E-state index >= 15 is 0 Å². The van der Waals surface area contributed by atoms with E-state index in [1.54, 1.807) is 18.2 Å². The molecule has 0 saturated carbocycles. The van der Waals surface area contributed by atoms with E-state index in [-0.39, 0.29) is 17.6 Å². The fourth-order valence-corrected chi connectivity index (χ4v) is 2.78. The van der Waals surface area contributed by atoms with Gasteiger partial charge in [-0.15, -0.1) is 0 Å². The molecule has 114 valence electrons.